The van der Waals surface area contributed by atoms with Gasteiger partial charge in [-0.2, -0.15) is 15.0 Å². The number of aromatic nitrogens is 3. The molecule has 1 N–H and O–H groups in total. The predicted octanol–water partition coefficient (Wildman–Crippen LogP) is 4.77. The van der Waals surface area contributed by atoms with Crippen molar-refractivity contribution >= 4 is 0 Å². The Bertz CT molecular complexity index is 1090. The number of hydrogen-bond donors (Lipinski definition) is 1. The van der Waals surface area contributed by atoms with Gasteiger partial charge >= 0.3 is 0 Å². The van der Waals surface area contributed by atoms with Gasteiger partial charge in [-0.25, -0.2) is 4.39 Å². The van der Waals surface area contributed by atoms with Crippen LogP contribution >= 0.6 is 0 Å². The lowest BCUT2D eigenvalue weighted by Gasteiger charge is -2.05. The van der Waals surface area contributed by atoms with Crippen molar-refractivity contribution in [1.29, 1.82) is 0 Å². The van der Waals surface area contributed by atoms with Gasteiger partial charge in [0.25, 0.3) is 0 Å². The fourth-order valence-electron chi connectivity index (χ4n) is 3.38. The number of nitrogens with one attached hydrogen (secondary N) is 1. The van der Waals surface area contributed by atoms with Crippen LogP contribution in [0.15, 0.2) is 78.9 Å². The number of halogens is 1. The summed E-state index contributed by atoms with van der Waals surface area (Å²) in [6.07, 6.45) is 0.630. The van der Waals surface area contributed by atoms with E-state index in [1.165, 1.54) is 11.6 Å². The summed E-state index contributed by atoms with van der Waals surface area (Å²) in [4.78, 5) is 1.75. The fraction of sp³-hybridized carbons (Fsp3) is 0.200. The molecule has 0 bridgehead atoms. The minimum Gasteiger partial charge on any atom is -0.311 e. The Hall–Kier alpha value is -3.31. The summed E-state index contributed by atoms with van der Waals surface area (Å²) in [5, 5.41) is 12.9. The zero-order valence-corrected chi connectivity index (χ0v) is 17.1. The highest BCUT2D eigenvalue weighted by Crippen LogP contribution is 2.20. The average molecular weight is 401 g/mol. The molecule has 1 heterocycles. The van der Waals surface area contributed by atoms with Gasteiger partial charge in [-0.05, 0) is 37.1 Å². The van der Waals surface area contributed by atoms with E-state index in [-0.39, 0.29) is 5.82 Å². The van der Waals surface area contributed by atoms with Crippen molar-refractivity contribution in [1.82, 2.24) is 20.3 Å². The van der Waals surface area contributed by atoms with Gasteiger partial charge in [0.2, 0.25) is 0 Å². The molecule has 0 radical (unpaired) electrons. The summed E-state index contributed by atoms with van der Waals surface area (Å²) in [5.41, 5.74) is 5.92. The molecule has 0 spiro atoms. The highest BCUT2D eigenvalue weighted by Gasteiger charge is 2.13. The Morgan fingerprint density at radius 2 is 1.60 bits per heavy atom. The van der Waals surface area contributed by atoms with Crippen molar-refractivity contribution in [3.8, 4) is 11.3 Å². The van der Waals surface area contributed by atoms with Crippen LogP contribution in [-0.4, -0.2) is 21.5 Å². The van der Waals surface area contributed by atoms with E-state index in [9.17, 15) is 4.39 Å². The molecule has 4 nitrogen and oxygen atoms in total. The van der Waals surface area contributed by atoms with Crippen LogP contribution in [0.1, 0.15) is 22.4 Å². The van der Waals surface area contributed by atoms with E-state index >= 15 is 0 Å². The van der Waals surface area contributed by atoms with Gasteiger partial charge in [-0.15, -0.1) is 0 Å². The first kappa shape index (κ1) is 20.0. The van der Waals surface area contributed by atoms with Crippen LogP contribution in [0.25, 0.3) is 11.3 Å². The predicted molar refractivity (Wildman–Crippen MR) is 118 cm³/mol. The van der Waals surface area contributed by atoms with Gasteiger partial charge in [0.05, 0.1) is 6.54 Å². The average Bonchev–Trinajstić information content (AvgIpc) is 3.17. The lowest BCUT2D eigenvalue weighted by Crippen LogP contribution is -2.18. The second-order valence-electron chi connectivity index (χ2n) is 7.40. The Kier molecular flexibility index (Phi) is 6.30. The molecular formula is C25H25FN4. The van der Waals surface area contributed by atoms with Crippen molar-refractivity contribution in [3.05, 3.63) is 107 Å². The molecule has 152 valence electrons. The SMILES string of the molecule is Cc1ccc(Cn2nc(CNCCc3ccccc3F)c(-c3ccccc3)n2)cc1. The molecule has 1 aromatic heterocycles. The summed E-state index contributed by atoms with van der Waals surface area (Å²) in [7, 11) is 0. The smallest absolute Gasteiger partial charge is 0.126 e. The summed E-state index contributed by atoms with van der Waals surface area (Å²) in [6.45, 7) is 3.94. The second-order valence-corrected chi connectivity index (χ2v) is 7.40. The molecule has 0 unspecified atom stereocenters. The monoisotopic (exact) mass is 400 g/mol. The van der Waals surface area contributed by atoms with E-state index in [4.69, 9.17) is 10.2 Å². The Labute approximate surface area is 176 Å². The van der Waals surface area contributed by atoms with Crippen LogP contribution in [0.2, 0.25) is 0 Å². The third kappa shape index (κ3) is 4.99. The van der Waals surface area contributed by atoms with Crippen molar-refractivity contribution in [2.45, 2.75) is 26.4 Å². The maximum atomic E-state index is 13.8. The first-order chi connectivity index (χ1) is 14.7. The Balaban J connectivity index is 1.48. The normalized spacial score (nSPS) is 11.0. The summed E-state index contributed by atoms with van der Waals surface area (Å²) < 4.78 is 13.8. The number of aryl methyl sites for hydroxylation is 1. The Morgan fingerprint density at radius 3 is 2.37 bits per heavy atom. The molecule has 0 aliphatic heterocycles. The minimum absolute atomic E-state index is 0.159. The largest absolute Gasteiger partial charge is 0.311 e. The van der Waals surface area contributed by atoms with E-state index in [0.717, 1.165) is 28.1 Å². The van der Waals surface area contributed by atoms with Crippen LogP contribution in [0, 0.1) is 12.7 Å². The molecule has 0 atom stereocenters. The first-order valence-electron chi connectivity index (χ1n) is 10.2. The van der Waals surface area contributed by atoms with Crippen LogP contribution in [0.3, 0.4) is 0 Å². The zero-order valence-electron chi connectivity index (χ0n) is 17.1. The van der Waals surface area contributed by atoms with Gasteiger partial charge in [-0.1, -0.05) is 78.4 Å². The molecule has 0 fully saturated rings. The van der Waals surface area contributed by atoms with Crippen molar-refractivity contribution in [3.63, 3.8) is 0 Å². The van der Waals surface area contributed by atoms with E-state index in [0.29, 0.717) is 26.1 Å². The molecule has 4 rings (SSSR count). The Morgan fingerprint density at radius 1 is 0.867 bits per heavy atom. The number of nitrogens with zero attached hydrogens (tertiary/aromatic N) is 3. The molecule has 5 heteroatoms. The minimum atomic E-state index is -0.159. The van der Waals surface area contributed by atoms with Crippen molar-refractivity contribution < 1.29 is 4.39 Å². The summed E-state index contributed by atoms with van der Waals surface area (Å²) >= 11 is 0. The van der Waals surface area contributed by atoms with Crippen LogP contribution in [0.5, 0.6) is 0 Å². The third-order valence-corrected chi connectivity index (χ3v) is 5.04. The van der Waals surface area contributed by atoms with Crippen molar-refractivity contribution in [2.24, 2.45) is 0 Å². The molecule has 0 amide bonds. The molecule has 0 saturated carbocycles. The molecule has 4 aromatic rings. The molecule has 0 aliphatic rings. The number of rotatable bonds is 8. The lowest BCUT2D eigenvalue weighted by molar-refractivity contribution is 0.573. The quantitative estimate of drug-likeness (QED) is 0.433. The van der Waals surface area contributed by atoms with E-state index in [2.05, 4.69) is 36.5 Å². The molecular weight excluding hydrogens is 375 g/mol. The molecule has 3 aromatic carbocycles. The maximum absolute atomic E-state index is 13.8. The van der Waals surface area contributed by atoms with Crippen LogP contribution in [-0.2, 0) is 19.5 Å². The standard InChI is InChI=1S/C25H25FN4/c1-19-11-13-20(14-12-19)18-30-28-24(25(29-30)22-8-3-2-4-9-22)17-27-16-15-21-7-5-6-10-23(21)26/h2-14,27H,15-18H2,1H3. The summed E-state index contributed by atoms with van der Waals surface area (Å²) in [6, 6.07) is 25.4. The second kappa shape index (κ2) is 9.46. The first-order valence-corrected chi connectivity index (χ1v) is 10.2. The van der Waals surface area contributed by atoms with Gasteiger partial charge in [0.15, 0.2) is 0 Å². The third-order valence-electron chi connectivity index (χ3n) is 5.04. The number of hydrogen-bond acceptors (Lipinski definition) is 3. The van der Waals surface area contributed by atoms with Crippen molar-refractivity contribution in [2.75, 3.05) is 6.54 Å². The topological polar surface area (TPSA) is 42.7 Å². The fourth-order valence-corrected chi connectivity index (χ4v) is 3.38. The lowest BCUT2D eigenvalue weighted by atomic mass is 10.1. The maximum Gasteiger partial charge on any atom is 0.126 e. The van der Waals surface area contributed by atoms with E-state index in [1.807, 2.05) is 42.5 Å². The van der Waals surface area contributed by atoms with Gasteiger partial charge in [0, 0.05) is 12.1 Å². The molecule has 0 aliphatic carbocycles. The molecule has 30 heavy (non-hydrogen) atoms. The van der Waals surface area contributed by atoms with Gasteiger partial charge < -0.3 is 5.32 Å². The highest BCUT2D eigenvalue weighted by atomic mass is 19.1. The van der Waals surface area contributed by atoms with Gasteiger partial charge in [0.1, 0.15) is 17.2 Å². The van der Waals surface area contributed by atoms with Crippen LogP contribution < -0.4 is 5.32 Å². The zero-order chi connectivity index (χ0) is 20.8. The van der Waals surface area contributed by atoms with E-state index < -0.39 is 0 Å². The summed E-state index contributed by atoms with van der Waals surface area (Å²) in [5.74, 6) is -0.159. The van der Waals surface area contributed by atoms with Crippen LogP contribution in [0.4, 0.5) is 4.39 Å². The van der Waals surface area contributed by atoms with Gasteiger partial charge in [-0.3, -0.25) is 0 Å². The van der Waals surface area contributed by atoms with E-state index in [1.54, 1.807) is 10.9 Å². The molecule has 0 saturated heterocycles. The highest BCUT2D eigenvalue weighted by molar-refractivity contribution is 5.60. The number of benzene rings is 3.